The summed E-state index contributed by atoms with van der Waals surface area (Å²) in [4.78, 5) is 10.8. The van der Waals surface area contributed by atoms with Gasteiger partial charge in [-0.1, -0.05) is 5.16 Å². The number of ketones is 1. The first-order chi connectivity index (χ1) is 4.75. The number of hydrogen-bond donors (Lipinski definition) is 2. The summed E-state index contributed by atoms with van der Waals surface area (Å²) >= 11 is 0. The average molecular weight is 143 g/mol. The van der Waals surface area contributed by atoms with Gasteiger partial charge in [-0.25, -0.2) is 0 Å². The summed E-state index contributed by atoms with van der Waals surface area (Å²) in [6.45, 7) is 0. The van der Waals surface area contributed by atoms with Crippen molar-refractivity contribution in [1.29, 1.82) is 0 Å². The summed E-state index contributed by atoms with van der Waals surface area (Å²) in [5.41, 5.74) is 0.0961. The molecule has 4 nitrogen and oxygen atoms in total. The summed E-state index contributed by atoms with van der Waals surface area (Å²) in [6, 6.07) is 0. The zero-order valence-electron chi connectivity index (χ0n) is 5.45. The second-order valence-electron chi connectivity index (χ2n) is 2.32. The van der Waals surface area contributed by atoms with E-state index >= 15 is 0 Å². The quantitative estimate of drug-likeness (QED) is 0.368. The maximum Gasteiger partial charge on any atom is 0.208 e. The molecule has 0 amide bonds. The minimum atomic E-state index is -0.945. The fraction of sp³-hybridized carbons (Fsp3) is 0.667. The van der Waals surface area contributed by atoms with Crippen molar-refractivity contribution in [2.24, 2.45) is 5.16 Å². The van der Waals surface area contributed by atoms with E-state index in [0.29, 0.717) is 19.3 Å². The van der Waals surface area contributed by atoms with E-state index in [4.69, 9.17) is 10.3 Å². The fourth-order valence-corrected chi connectivity index (χ4v) is 1.01. The molecule has 1 aliphatic carbocycles. The van der Waals surface area contributed by atoms with Gasteiger partial charge in [-0.3, -0.25) is 4.79 Å². The molecule has 1 saturated carbocycles. The fourth-order valence-electron chi connectivity index (χ4n) is 1.01. The Bertz CT molecular complexity index is 176. The van der Waals surface area contributed by atoms with Crippen molar-refractivity contribution in [1.82, 2.24) is 0 Å². The van der Waals surface area contributed by atoms with E-state index in [1.54, 1.807) is 0 Å². The zero-order valence-corrected chi connectivity index (χ0v) is 5.45. The molecule has 0 bridgehead atoms. The van der Waals surface area contributed by atoms with Crippen LogP contribution in [0.4, 0.5) is 0 Å². The van der Waals surface area contributed by atoms with Crippen LogP contribution < -0.4 is 0 Å². The first-order valence-corrected chi connectivity index (χ1v) is 3.19. The first-order valence-electron chi connectivity index (χ1n) is 3.19. The van der Waals surface area contributed by atoms with Crippen molar-refractivity contribution in [2.75, 3.05) is 0 Å². The Morgan fingerprint density at radius 2 is 2.30 bits per heavy atom. The molecule has 2 N–H and O–H groups in total. The highest BCUT2D eigenvalue weighted by atomic mass is 16.4. The number of Topliss-reactive ketones (excluding diaryl/α,β-unsaturated/α-hetero) is 1. The minimum absolute atomic E-state index is 0.0961. The van der Waals surface area contributed by atoms with Crippen molar-refractivity contribution in [3.05, 3.63) is 0 Å². The van der Waals surface area contributed by atoms with Gasteiger partial charge in [0.2, 0.25) is 5.78 Å². The maximum absolute atomic E-state index is 10.8. The van der Waals surface area contributed by atoms with Crippen LogP contribution in [0.5, 0.6) is 0 Å². The number of nitrogens with zero attached hydrogens (tertiary/aromatic N) is 1. The van der Waals surface area contributed by atoms with Gasteiger partial charge in [0, 0.05) is 0 Å². The predicted octanol–water partition coefficient (Wildman–Crippen LogP) is -0.0695. The number of oxime groups is 1. The van der Waals surface area contributed by atoms with E-state index in [1.165, 1.54) is 0 Å². The third-order valence-corrected chi connectivity index (χ3v) is 1.60. The Morgan fingerprint density at radius 3 is 2.80 bits per heavy atom. The Balaban J connectivity index is 2.69. The molecule has 0 spiro atoms. The van der Waals surface area contributed by atoms with Gasteiger partial charge in [0.15, 0.2) is 0 Å². The van der Waals surface area contributed by atoms with Crippen LogP contribution in [-0.4, -0.2) is 27.9 Å². The molecule has 0 aromatic heterocycles. The lowest BCUT2D eigenvalue weighted by Crippen LogP contribution is -2.32. The highest BCUT2D eigenvalue weighted by Crippen LogP contribution is 2.12. The number of carbonyl (C=O) groups is 1. The third kappa shape index (κ3) is 1.16. The van der Waals surface area contributed by atoms with Gasteiger partial charge >= 0.3 is 0 Å². The lowest BCUT2D eigenvalue weighted by molar-refractivity contribution is -0.121. The number of carbonyl (C=O) groups excluding carboxylic acids is 1. The number of aliphatic hydroxyl groups excluding tert-OH is 1. The molecule has 0 aromatic rings. The zero-order chi connectivity index (χ0) is 7.56. The van der Waals surface area contributed by atoms with Gasteiger partial charge in [-0.05, 0) is 19.3 Å². The lowest BCUT2D eigenvalue weighted by atomic mass is 9.95. The van der Waals surface area contributed by atoms with E-state index in [0.717, 1.165) is 0 Å². The molecule has 0 aromatic carbocycles. The molecule has 4 heteroatoms. The molecular formula is C6H9NO3. The van der Waals surface area contributed by atoms with Gasteiger partial charge in [0.25, 0.3) is 0 Å². The molecule has 1 atom stereocenters. The number of rotatable bonds is 0. The van der Waals surface area contributed by atoms with E-state index in [9.17, 15) is 4.79 Å². The van der Waals surface area contributed by atoms with E-state index in [2.05, 4.69) is 5.16 Å². The Morgan fingerprint density at radius 1 is 1.60 bits per heavy atom. The monoisotopic (exact) mass is 143 g/mol. The molecular weight excluding hydrogens is 134 g/mol. The SMILES string of the molecule is O=C1C(=NO)CCCC1O. The van der Waals surface area contributed by atoms with Gasteiger partial charge in [-0.15, -0.1) is 0 Å². The Labute approximate surface area is 58.2 Å². The van der Waals surface area contributed by atoms with Gasteiger partial charge in [0.05, 0.1) is 0 Å². The van der Waals surface area contributed by atoms with Crippen LogP contribution in [0.3, 0.4) is 0 Å². The smallest absolute Gasteiger partial charge is 0.208 e. The molecule has 0 radical (unpaired) electrons. The van der Waals surface area contributed by atoms with Crippen molar-refractivity contribution in [2.45, 2.75) is 25.4 Å². The van der Waals surface area contributed by atoms with Crippen LogP contribution >= 0.6 is 0 Å². The predicted molar refractivity (Wildman–Crippen MR) is 34.1 cm³/mol. The topological polar surface area (TPSA) is 69.9 Å². The summed E-state index contributed by atoms with van der Waals surface area (Å²) < 4.78 is 0. The second-order valence-corrected chi connectivity index (χ2v) is 2.32. The minimum Gasteiger partial charge on any atom is -0.411 e. The summed E-state index contributed by atoms with van der Waals surface area (Å²) in [7, 11) is 0. The molecule has 56 valence electrons. The molecule has 0 heterocycles. The number of hydrogen-bond acceptors (Lipinski definition) is 4. The van der Waals surface area contributed by atoms with E-state index in [-0.39, 0.29) is 5.71 Å². The van der Waals surface area contributed by atoms with E-state index < -0.39 is 11.9 Å². The lowest BCUT2D eigenvalue weighted by Gasteiger charge is -2.14. The van der Waals surface area contributed by atoms with Gasteiger partial charge in [-0.2, -0.15) is 0 Å². The molecule has 1 fully saturated rings. The molecule has 1 unspecified atom stereocenters. The van der Waals surface area contributed by atoms with E-state index in [1.807, 2.05) is 0 Å². The largest absolute Gasteiger partial charge is 0.411 e. The highest BCUT2D eigenvalue weighted by molar-refractivity contribution is 6.41. The van der Waals surface area contributed by atoms with Gasteiger partial charge < -0.3 is 10.3 Å². The van der Waals surface area contributed by atoms with Crippen LogP contribution in [0.15, 0.2) is 5.16 Å². The Kier molecular flexibility index (Phi) is 2.01. The maximum atomic E-state index is 10.8. The molecule has 0 aliphatic heterocycles. The highest BCUT2D eigenvalue weighted by Gasteiger charge is 2.25. The van der Waals surface area contributed by atoms with Crippen LogP contribution in [-0.2, 0) is 4.79 Å². The standard InChI is InChI=1S/C6H9NO3/c8-5-3-1-2-4(7-10)6(5)9/h5,8,10H,1-3H2. The summed E-state index contributed by atoms with van der Waals surface area (Å²) in [5, 5.41) is 20.0. The Hall–Kier alpha value is -0.900. The van der Waals surface area contributed by atoms with Crippen molar-refractivity contribution in [3.63, 3.8) is 0 Å². The van der Waals surface area contributed by atoms with Crippen LogP contribution in [0.1, 0.15) is 19.3 Å². The second kappa shape index (κ2) is 2.79. The van der Waals surface area contributed by atoms with Gasteiger partial charge in [0.1, 0.15) is 11.8 Å². The van der Waals surface area contributed by atoms with Crippen LogP contribution in [0.25, 0.3) is 0 Å². The molecule has 1 aliphatic rings. The normalized spacial score (nSPS) is 31.1. The van der Waals surface area contributed by atoms with Crippen molar-refractivity contribution < 1.29 is 15.1 Å². The summed E-state index contributed by atoms with van der Waals surface area (Å²) in [5.74, 6) is -0.436. The summed E-state index contributed by atoms with van der Waals surface area (Å²) in [6.07, 6.45) is 0.732. The molecule has 10 heavy (non-hydrogen) atoms. The first kappa shape index (κ1) is 7.21. The average Bonchev–Trinajstić information content (AvgIpc) is 1.95. The molecule has 0 saturated heterocycles. The van der Waals surface area contributed by atoms with Crippen molar-refractivity contribution >= 4 is 11.5 Å². The van der Waals surface area contributed by atoms with Crippen molar-refractivity contribution in [3.8, 4) is 0 Å². The van der Waals surface area contributed by atoms with Crippen LogP contribution in [0.2, 0.25) is 0 Å². The van der Waals surface area contributed by atoms with Crippen LogP contribution in [0, 0.1) is 0 Å². The third-order valence-electron chi connectivity index (χ3n) is 1.60. The number of aliphatic hydroxyl groups is 1. The molecule has 1 rings (SSSR count).